The zero-order valence-electron chi connectivity index (χ0n) is 39.5. The Labute approximate surface area is 418 Å². The van der Waals surface area contributed by atoms with E-state index in [0.29, 0.717) is 11.5 Å². The molecule has 5 nitrogen and oxygen atoms in total. The summed E-state index contributed by atoms with van der Waals surface area (Å²) in [5.41, 5.74) is 18.4. The summed E-state index contributed by atoms with van der Waals surface area (Å²) in [6.45, 7) is 2.23. The smallest absolute Gasteiger partial charge is 0.269 e. The predicted molar refractivity (Wildman–Crippen MR) is 294 cm³/mol. The van der Waals surface area contributed by atoms with E-state index < -0.39 is 0 Å². The van der Waals surface area contributed by atoms with Crippen molar-refractivity contribution in [3.63, 3.8) is 0 Å². The van der Waals surface area contributed by atoms with Gasteiger partial charge in [-0.1, -0.05) is 194 Å². The quantitative estimate of drug-likeness (QED) is 0.101. The lowest BCUT2D eigenvalue weighted by Gasteiger charge is -2.19. The van der Waals surface area contributed by atoms with Crippen molar-refractivity contribution in [3.05, 3.63) is 273 Å². The van der Waals surface area contributed by atoms with Crippen molar-refractivity contribution in [1.82, 2.24) is 14.1 Å². The summed E-state index contributed by atoms with van der Waals surface area (Å²) in [5, 5.41) is 2.28. The van der Waals surface area contributed by atoms with Crippen molar-refractivity contribution >= 4 is 32.8 Å². The third-order valence-corrected chi connectivity index (χ3v) is 13.9. The summed E-state index contributed by atoms with van der Waals surface area (Å²) in [4.78, 5) is 4.82. The van der Waals surface area contributed by atoms with Crippen molar-refractivity contribution in [2.45, 2.75) is 6.92 Å². The molecule has 3 heterocycles. The highest BCUT2D eigenvalue weighted by molar-refractivity contribution is 6.09. The zero-order chi connectivity index (χ0) is 48.0. The fourth-order valence-corrected chi connectivity index (χ4v) is 10.4. The maximum atomic E-state index is 7.36. The molecule has 0 saturated carbocycles. The second-order valence-corrected chi connectivity index (χ2v) is 18.1. The first-order valence-corrected chi connectivity index (χ1v) is 24.4. The molecule has 10 aromatic carbocycles. The third kappa shape index (κ3) is 7.52. The molecule has 5 heteroatoms. The minimum absolute atomic E-state index is 0.710. The average Bonchev–Trinajstić information content (AvgIpc) is 4.00. The summed E-state index contributed by atoms with van der Waals surface area (Å²) in [7, 11) is 0. The van der Waals surface area contributed by atoms with E-state index in [-0.39, 0.29) is 0 Å². The van der Waals surface area contributed by atoms with Crippen LogP contribution in [0.2, 0.25) is 0 Å². The Morgan fingerprint density at radius 3 is 1.68 bits per heavy atom. The minimum atomic E-state index is 0.710. The molecule has 0 amide bonds. The number of nitrogens with zero attached hydrogens (tertiary/aromatic N) is 4. The Kier molecular flexibility index (Phi) is 10.7. The molecule has 0 spiro atoms. The van der Waals surface area contributed by atoms with Crippen LogP contribution in [0.25, 0.3) is 106 Å². The second-order valence-electron chi connectivity index (χ2n) is 18.1. The number of para-hydroxylation sites is 4. The molecule has 0 atom stereocenters. The van der Waals surface area contributed by atoms with E-state index in [1.807, 2.05) is 18.3 Å². The number of hydrogen-bond donors (Lipinski definition) is 0. The topological polar surface area (TPSA) is 35.9 Å². The molecular formula is C67H46N4O. The number of ether oxygens (including phenoxy) is 1. The van der Waals surface area contributed by atoms with Gasteiger partial charge in [0.05, 0.1) is 33.4 Å². The van der Waals surface area contributed by atoms with Crippen molar-refractivity contribution in [2.75, 3.05) is 0 Å². The molecule has 13 aromatic rings. The molecule has 0 saturated heterocycles. The first-order chi connectivity index (χ1) is 35.6. The van der Waals surface area contributed by atoms with E-state index in [0.717, 1.165) is 106 Å². The van der Waals surface area contributed by atoms with Gasteiger partial charge >= 0.3 is 0 Å². The first-order valence-electron chi connectivity index (χ1n) is 24.4. The standard InChI is InChI=1S/C67H46N4O/c1-46-59(50-27-12-5-13-28-50)41-51(47-21-6-2-7-22-47)42-60(46)58-38-36-52(43-65(58)72-53-37-39-57-56-29-14-15-32-61(56)71(64(57)44-53)66-35-18-19-40-68-66)69-45-70(63-34-17-16-33-62(63)69)67-54(48-23-8-3-9-24-48)30-20-31-55(67)49-25-10-4-11-26-49/h2-44H,1H3. The molecular weight excluding hydrogens is 877 g/mol. The second kappa shape index (κ2) is 18.1. The molecule has 0 bridgehead atoms. The van der Waals surface area contributed by atoms with Gasteiger partial charge in [-0.25, -0.2) is 4.98 Å². The SMILES string of the molecule is Cc1c(-c2ccccc2)cc(-c2ccccc2)cc1-c1ccc(-n2[c-][n+](-c3c(-c4ccccc4)cccc3-c3ccccc3)c3ccccc32)cc1Oc1ccc2c3ccccc3n(-c3ccccn3)c2c1. The Balaban J connectivity index is 1.05. The van der Waals surface area contributed by atoms with E-state index in [9.17, 15) is 0 Å². The van der Waals surface area contributed by atoms with Gasteiger partial charge in [0.1, 0.15) is 17.3 Å². The monoisotopic (exact) mass is 922 g/mol. The largest absolute Gasteiger partial charge is 0.457 e. The summed E-state index contributed by atoms with van der Waals surface area (Å²) in [5.74, 6) is 2.27. The van der Waals surface area contributed by atoms with E-state index in [4.69, 9.17) is 9.72 Å². The average molecular weight is 923 g/mol. The zero-order valence-corrected chi connectivity index (χ0v) is 39.5. The highest BCUT2D eigenvalue weighted by Gasteiger charge is 2.23. The van der Waals surface area contributed by atoms with Crippen LogP contribution in [0.5, 0.6) is 11.5 Å². The van der Waals surface area contributed by atoms with Gasteiger partial charge in [0.25, 0.3) is 6.33 Å². The number of pyridine rings is 1. The number of benzene rings is 10. The molecule has 0 aliphatic rings. The molecule has 72 heavy (non-hydrogen) atoms. The lowest BCUT2D eigenvalue weighted by Crippen LogP contribution is -2.31. The van der Waals surface area contributed by atoms with Crippen molar-refractivity contribution in [1.29, 1.82) is 0 Å². The van der Waals surface area contributed by atoms with Crippen molar-refractivity contribution in [2.24, 2.45) is 0 Å². The number of aromatic nitrogens is 4. The Morgan fingerprint density at radius 1 is 0.417 bits per heavy atom. The maximum Gasteiger partial charge on any atom is 0.269 e. The van der Waals surface area contributed by atoms with Gasteiger partial charge in [0.15, 0.2) is 0 Å². The lowest BCUT2D eigenvalue weighted by atomic mass is 9.88. The van der Waals surface area contributed by atoms with Gasteiger partial charge in [-0.05, 0) is 117 Å². The number of hydrogen-bond acceptors (Lipinski definition) is 2. The Hall–Kier alpha value is -9.58. The molecule has 0 aliphatic carbocycles. The Morgan fingerprint density at radius 2 is 1.00 bits per heavy atom. The lowest BCUT2D eigenvalue weighted by molar-refractivity contribution is -0.571. The van der Waals surface area contributed by atoms with Crippen LogP contribution in [0.4, 0.5) is 0 Å². The highest BCUT2D eigenvalue weighted by Crippen LogP contribution is 2.44. The van der Waals surface area contributed by atoms with Crippen LogP contribution in [0.1, 0.15) is 5.56 Å². The minimum Gasteiger partial charge on any atom is -0.457 e. The van der Waals surface area contributed by atoms with Crippen LogP contribution in [0.3, 0.4) is 0 Å². The van der Waals surface area contributed by atoms with E-state index in [2.05, 4.69) is 270 Å². The predicted octanol–water partition coefficient (Wildman–Crippen LogP) is 16.6. The van der Waals surface area contributed by atoms with Gasteiger partial charge in [0, 0.05) is 28.6 Å². The molecule has 0 unspecified atom stereocenters. The van der Waals surface area contributed by atoms with Gasteiger partial charge in [0.2, 0.25) is 0 Å². The summed E-state index contributed by atoms with van der Waals surface area (Å²) < 4.78 is 14.0. The van der Waals surface area contributed by atoms with Crippen molar-refractivity contribution < 1.29 is 9.30 Å². The maximum absolute atomic E-state index is 7.36. The number of rotatable bonds is 10. The van der Waals surface area contributed by atoms with Crippen LogP contribution < -0.4 is 9.30 Å². The molecule has 3 aromatic heterocycles. The summed E-state index contributed by atoms with van der Waals surface area (Å²) in [6, 6.07) is 90.0. The normalized spacial score (nSPS) is 11.4. The van der Waals surface area contributed by atoms with E-state index in [1.165, 1.54) is 5.56 Å². The molecule has 13 rings (SSSR count). The van der Waals surface area contributed by atoms with E-state index >= 15 is 0 Å². The van der Waals surface area contributed by atoms with Gasteiger partial charge in [-0.2, -0.15) is 0 Å². The van der Waals surface area contributed by atoms with Crippen LogP contribution in [-0.2, 0) is 0 Å². The molecule has 0 fully saturated rings. The molecule has 0 N–H and O–H groups in total. The van der Waals surface area contributed by atoms with Gasteiger partial charge < -0.3 is 4.74 Å². The van der Waals surface area contributed by atoms with Gasteiger partial charge in [-0.3, -0.25) is 13.7 Å². The van der Waals surface area contributed by atoms with Crippen LogP contribution in [-0.4, -0.2) is 14.1 Å². The Bertz CT molecular complexity index is 4050. The molecule has 0 radical (unpaired) electrons. The fourth-order valence-electron chi connectivity index (χ4n) is 10.4. The summed E-state index contributed by atoms with van der Waals surface area (Å²) >= 11 is 0. The first kappa shape index (κ1) is 42.5. The van der Waals surface area contributed by atoms with Crippen molar-refractivity contribution in [3.8, 4) is 84.3 Å². The van der Waals surface area contributed by atoms with Crippen LogP contribution in [0, 0.1) is 13.3 Å². The molecule has 0 aliphatic heterocycles. The van der Waals surface area contributed by atoms with Gasteiger partial charge in [-0.15, -0.1) is 0 Å². The highest BCUT2D eigenvalue weighted by atomic mass is 16.5. The summed E-state index contributed by atoms with van der Waals surface area (Å²) in [6.07, 6.45) is 5.74. The van der Waals surface area contributed by atoms with Crippen LogP contribution >= 0.6 is 0 Å². The third-order valence-electron chi connectivity index (χ3n) is 13.9. The number of imidazole rings is 1. The molecule has 340 valence electrons. The van der Waals surface area contributed by atoms with E-state index in [1.54, 1.807) is 0 Å². The van der Waals surface area contributed by atoms with Crippen LogP contribution in [0.15, 0.2) is 261 Å². The number of fused-ring (bicyclic) bond motifs is 4. The fraction of sp³-hybridized carbons (Fsp3) is 0.0149.